The third-order valence-corrected chi connectivity index (χ3v) is 7.57. The summed E-state index contributed by atoms with van der Waals surface area (Å²) >= 11 is 0. The summed E-state index contributed by atoms with van der Waals surface area (Å²) in [7, 11) is -3.54. The first-order valence-electron chi connectivity index (χ1n) is 10.2. The molecular weight excluding hydrogens is 402 g/mol. The van der Waals surface area contributed by atoms with Gasteiger partial charge in [0.05, 0.1) is 4.90 Å². The fraction of sp³-hybridized carbons (Fsp3) is 0.364. The van der Waals surface area contributed by atoms with E-state index in [0.717, 1.165) is 18.4 Å². The van der Waals surface area contributed by atoms with Gasteiger partial charge in [-0.3, -0.25) is 14.5 Å². The molecule has 1 fully saturated rings. The Morgan fingerprint density at radius 1 is 1.03 bits per heavy atom. The summed E-state index contributed by atoms with van der Waals surface area (Å²) in [5.74, 6) is -0.517. The molecule has 7 nitrogen and oxygen atoms in total. The van der Waals surface area contributed by atoms with Crippen LogP contribution in [0.3, 0.4) is 0 Å². The Labute approximate surface area is 176 Å². The molecule has 2 amide bonds. The van der Waals surface area contributed by atoms with E-state index in [0.29, 0.717) is 37.3 Å². The molecular formula is C22H25N3O4S. The van der Waals surface area contributed by atoms with Crippen molar-refractivity contribution in [2.24, 2.45) is 0 Å². The monoisotopic (exact) mass is 427 g/mol. The smallest absolute Gasteiger partial charge is 0.259 e. The molecule has 0 radical (unpaired) electrons. The zero-order valence-corrected chi connectivity index (χ0v) is 17.7. The zero-order chi connectivity index (χ0) is 21.3. The van der Waals surface area contributed by atoms with Crippen LogP contribution >= 0.6 is 0 Å². The second kappa shape index (κ2) is 8.20. The molecule has 0 spiro atoms. The van der Waals surface area contributed by atoms with Crippen molar-refractivity contribution < 1.29 is 18.0 Å². The van der Waals surface area contributed by atoms with Crippen molar-refractivity contribution in [1.29, 1.82) is 0 Å². The topological polar surface area (TPSA) is 86.8 Å². The highest BCUT2D eigenvalue weighted by Gasteiger charge is 2.38. The molecule has 158 valence electrons. The van der Waals surface area contributed by atoms with Crippen LogP contribution in [0.2, 0.25) is 0 Å². The minimum absolute atomic E-state index is 0.183. The van der Waals surface area contributed by atoms with E-state index >= 15 is 0 Å². The molecule has 8 heteroatoms. The summed E-state index contributed by atoms with van der Waals surface area (Å²) in [5, 5.41) is 2.80. The summed E-state index contributed by atoms with van der Waals surface area (Å²) in [5.41, 5.74) is 2.00. The predicted molar refractivity (Wildman–Crippen MR) is 114 cm³/mol. The maximum atomic E-state index is 13.3. The van der Waals surface area contributed by atoms with E-state index in [9.17, 15) is 18.0 Å². The van der Waals surface area contributed by atoms with Gasteiger partial charge in [-0.1, -0.05) is 18.2 Å². The quantitative estimate of drug-likeness (QED) is 0.792. The van der Waals surface area contributed by atoms with Gasteiger partial charge in [0.2, 0.25) is 15.9 Å². The van der Waals surface area contributed by atoms with Crippen LogP contribution in [0.15, 0.2) is 53.4 Å². The molecule has 2 heterocycles. The van der Waals surface area contributed by atoms with Gasteiger partial charge in [0.1, 0.15) is 6.04 Å². The highest BCUT2D eigenvalue weighted by molar-refractivity contribution is 7.89. The number of nitrogens with zero attached hydrogens (tertiary/aromatic N) is 2. The van der Waals surface area contributed by atoms with Crippen LogP contribution in [-0.2, 0) is 21.2 Å². The molecule has 0 bridgehead atoms. The van der Waals surface area contributed by atoms with Crippen LogP contribution in [0.1, 0.15) is 35.7 Å². The number of anilines is 1. The van der Waals surface area contributed by atoms with Gasteiger partial charge in [0.25, 0.3) is 5.91 Å². The van der Waals surface area contributed by atoms with Crippen molar-refractivity contribution in [3.05, 3.63) is 59.7 Å². The number of sulfonamides is 1. The van der Waals surface area contributed by atoms with Gasteiger partial charge in [-0.25, -0.2) is 8.42 Å². The van der Waals surface area contributed by atoms with Gasteiger partial charge >= 0.3 is 0 Å². The molecule has 0 saturated carbocycles. The molecule has 1 saturated heterocycles. The number of likely N-dealkylation sites (N-methyl/N-ethyl adjacent to an activating group) is 1. The van der Waals surface area contributed by atoms with E-state index in [1.807, 2.05) is 31.2 Å². The molecule has 1 atom stereocenters. The van der Waals surface area contributed by atoms with Gasteiger partial charge in [-0.15, -0.1) is 0 Å². The van der Waals surface area contributed by atoms with Gasteiger partial charge in [-0.05, 0) is 55.7 Å². The van der Waals surface area contributed by atoms with Crippen LogP contribution < -0.4 is 10.2 Å². The number of amides is 2. The molecule has 2 aromatic carbocycles. The van der Waals surface area contributed by atoms with Crippen molar-refractivity contribution in [2.75, 3.05) is 24.5 Å². The lowest BCUT2D eigenvalue weighted by molar-refractivity contribution is -0.122. The van der Waals surface area contributed by atoms with Gasteiger partial charge in [-0.2, -0.15) is 4.31 Å². The second-order valence-electron chi connectivity index (χ2n) is 7.55. The number of nitrogens with one attached hydrogen (secondary N) is 1. The molecule has 1 N–H and O–H groups in total. The van der Waals surface area contributed by atoms with Crippen LogP contribution in [0.25, 0.3) is 0 Å². The van der Waals surface area contributed by atoms with Crippen LogP contribution in [0.5, 0.6) is 0 Å². The number of hydrogen-bond acceptors (Lipinski definition) is 4. The minimum Gasteiger partial charge on any atom is -0.355 e. The van der Waals surface area contributed by atoms with Gasteiger partial charge in [0, 0.05) is 37.3 Å². The number of para-hydroxylation sites is 1. The van der Waals surface area contributed by atoms with Crippen LogP contribution in [-0.4, -0.2) is 50.2 Å². The van der Waals surface area contributed by atoms with E-state index < -0.39 is 16.1 Å². The largest absolute Gasteiger partial charge is 0.355 e. The Hall–Kier alpha value is -2.71. The lowest BCUT2D eigenvalue weighted by atomic mass is 10.1. The summed E-state index contributed by atoms with van der Waals surface area (Å²) in [6, 6.07) is 12.9. The summed E-state index contributed by atoms with van der Waals surface area (Å²) < 4.78 is 26.9. The van der Waals surface area contributed by atoms with Gasteiger partial charge in [0.15, 0.2) is 0 Å². The Bertz CT molecular complexity index is 1060. The predicted octanol–water partition coefficient (Wildman–Crippen LogP) is 2.18. The van der Waals surface area contributed by atoms with E-state index in [4.69, 9.17) is 0 Å². The SMILES string of the molecule is CCNC(=O)[C@H]1Cc2ccccc2N1C(=O)c1ccc(S(=O)(=O)N2CCCC2)cc1. The van der Waals surface area contributed by atoms with Gasteiger partial charge < -0.3 is 5.32 Å². The lowest BCUT2D eigenvalue weighted by Gasteiger charge is -2.25. The number of hydrogen-bond donors (Lipinski definition) is 1. The van der Waals surface area contributed by atoms with Crippen LogP contribution in [0.4, 0.5) is 5.69 Å². The van der Waals surface area contributed by atoms with Crippen molar-refractivity contribution >= 4 is 27.5 Å². The van der Waals surface area contributed by atoms with E-state index in [2.05, 4.69) is 5.32 Å². The molecule has 2 aliphatic heterocycles. The normalized spacial score (nSPS) is 19.0. The summed E-state index contributed by atoms with van der Waals surface area (Å²) in [6.07, 6.45) is 2.19. The molecule has 0 unspecified atom stereocenters. The van der Waals surface area contributed by atoms with E-state index in [1.54, 1.807) is 0 Å². The molecule has 2 aromatic rings. The van der Waals surface area contributed by atoms with Crippen LogP contribution in [0, 0.1) is 0 Å². The molecule has 0 aliphatic carbocycles. The first kappa shape index (κ1) is 20.6. The first-order chi connectivity index (χ1) is 14.4. The van der Waals surface area contributed by atoms with Crippen molar-refractivity contribution in [3.8, 4) is 0 Å². The summed E-state index contributed by atoms with van der Waals surface area (Å²) in [4.78, 5) is 27.6. The average molecular weight is 428 g/mol. The number of carbonyl (C=O) groups excluding carboxylic acids is 2. The van der Waals surface area contributed by atoms with Crippen molar-refractivity contribution in [3.63, 3.8) is 0 Å². The lowest BCUT2D eigenvalue weighted by Crippen LogP contribution is -2.48. The number of benzene rings is 2. The number of fused-ring (bicyclic) bond motifs is 1. The Kier molecular flexibility index (Phi) is 5.62. The Balaban J connectivity index is 1.63. The molecule has 2 aliphatic rings. The van der Waals surface area contributed by atoms with E-state index in [-0.39, 0.29) is 16.7 Å². The standard InChI is InChI=1S/C22H25N3O4S/c1-2-23-21(26)20-15-17-7-3-4-8-19(17)25(20)22(27)16-9-11-18(12-10-16)30(28,29)24-13-5-6-14-24/h3-4,7-12,20H,2,5-6,13-15H2,1H3,(H,23,26)/t20-/m1/s1. The third kappa shape index (κ3) is 3.61. The highest BCUT2D eigenvalue weighted by atomic mass is 32.2. The Morgan fingerprint density at radius 3 is 2.37 bits per heavy atom. The maximum Gasteiger partial charge on any atom is 0.259 e. The second-order valence-corrected chi connectivity index (χ2v) is 9.49. The van der Waals surface area contributed by atoms with E-state index in [1.165, 1.54) is 33.5 Å². The highest BCUT2D eigenvalue weighted by Crippen LogP contribution is 2.33. The Morgan fingerprint density at radius 2 is 1.70 bits per heavy atom. The molecule has 4 rings (SSSR count). The van der Waals surface area contributed by atoms with Crippen molar-refractivity contribution in [1.82, 2.24) is 9.62 Å². The summed E-state index contributed by atoms with van der Waals surface area (Å²) in [6.45, 7) is 3.38. The number of rotatable bonds is 5. The average Bonchev–Trinajstić information content (AvgIpc) is 3.42. The maximum absolute atomic E-state index is 13.3. The number of carbonyl (C=O) groups is 2. The third-order valence-electron chi connectivity index (χ3n) is 5.65. The first-order valence-corrected chi connectivity index (χ1v) is 11.7. The molecule has 30 heavy (non-hydrogen) atoms. The zero-order valence-electron chi connectivity index (χ0n) is 16.9. The fourth-order valence-electron chi connectivity index (χ4n) is 4.12. The fourth-order valence-corrected chi connectivity index (χ4v) is 5.64. The molecule has 0 aromatic heterocycles. The minimum atomic E-state index is -3.54. The van der Waals surface area contributed by atoms with Crippen molar-refractivity contribution in [2.45, 2.75) is 37.1 Å².